The van der Waals surface area contributed by atoms with Gasteiger partial charge in [-0.2, -0.15) is 0 Å². The average Bonchev–Trinajstić information content (AvgIpc) is 3.07. The van der Waals surface area contributed by atoms with Crippen molar-refractivity contribution in [2.75, 3.05) is 31.7 Å². The third-order valence-electron chi connectivity index (χ3n) is 4.58. The second-order valence-corrected chi connectivity index (χ2v) is 9.02. The molecule has 0 unspecified atom stereocenters. The van der Waals surface area contributed by atoms with Gasteiger partial charge in [0.25, 0.3) is 11.1 Å². The van der Waals surface area contributed by atoms with Gasteiger partial charge < -0.3 is 19.5 Å². The molecular formula is C24H22BrFN2O7S. The summed E-state index contributed by atoms with van der Waals surface area (Å²) in [6.07, 6.45) is 1.48. The summed E-state index contributed by atoms with van der Waals surface area (Å²) >= 11 is 4.08. The Morgan fingerprint density at radius 1 is 1.11 bits per heavy atom. The molecule has 1 N–H and O–H groups in total. The molecule has 3 amide bonds. The number of thioether (sulfide) groups is 1. The highest BCUT2D eigenvalue weighted by molar-refractivity contribution is 9.10. The van der Waals surface area contributed by atoms with Crippen LogP contribution in [0.5, 0.6) is 11.5 Å². The minimum atomic E-state index is -0.646. The third kappa shape index (κ3) is 7.08. The van der Waals surface area contributed by atoms with Crippen molar-refractivity contribution in [3.63, 3.8) is 0 Å². The van der Waals surface area contributed by atoms with Crippen molar-refractivity contribution in [3.05, 3.63) is 57.2 Å². The van der Waals surface area contributed by atoms with E-state index < -0.39 is 35.4 Å². The number of hydrogen-bond acceptors (Lipinski definition) is 8. The maximum absolute atomic E-state index is 13.3. The number of halogens is 2. The molecule has 36 heavy (non-hydrogen) atoms. The van der Waals surface area contributed by atoms with Gasteiger partial charge in [0.1, 0.15) is 12.4 Å². The Labute approximate surface area is 219 Å². The van der Waals surface area contributed by atoms with E-state index >= 15 is 0 Å². The van der Waals surface area contributed by atoms with Gasteiger partial charge in [0.05, 0.1) is 18.1 Å². The summed E-state index contributed by atoms with van der Waals surface area (Å²) in [4.78, 5) is 50.1. The Kier molecular flexibility index (Phi) is 9.48. The van der Waals surface area contributed by atoms with Gasteiger partial charge in [-0.3, -0.25) is 19.3 Å². The molecule has 0 saturated carbocycles. The zero-order valence-electron chi connectivity index (χ0n) is 19.3. The molecule has 2 aromatic rings. The van der Waals surface area contributed by atoms with Crippen molar-refractivity contribution in [2.24, 2.45) is 0 Å². The van der Waals surface area contributed by atoms with Gasteiger partial charge in [-0.1, -0.05) is 22.0 Å². The SMILES string of the molecule is CCOC(=O)COc1cc(Br)c(/C=C2/SC(=O)N(CC(=O)Nc3cccc(F)c3)C2=O)cc1OCC. The molecule has 1 aliphatic heterocycles. The first-order valence-electron chi connectivity index (χ1n) is 10.8. The molecule has 0 aromatic heterocycles. The van der Waals surface area contributed by atoms with Gasteiger partial charge in [-0.15, -0.1) is 0 Å². The number of anilines is 1. The molecule has 1 fully saturated rings. The summed E-state index contributed by atoms with van der Waals surface area (Å²) in [6, 6.07) is 8.44. The minimum Gasteiger partial charge on any atom is -0.490 e. The topological polar surface area (TPSA) is 111 Å². The standard InChI is InChI=1S/C24H22BrFN2O7S/c1-3-33-18-8-14(17(25)11-19(18)35-13-22(30)34-4-2)9-20-23(31)28(24(32)36-20)12-21(29)27-16-7-5-6-15(26)10-16/h5-11H,3-4,12-13H2,1-2H3,(H,27,29)/b20-9+. The van der Waals surface area contributed by atoms with E-state index in [1.165, 1.54) is 24.3 Å². The Morgan fingerprint density at radius 3 is 2.56 bits per heavy atom. The first-order chi connectivity index (χ1) is 17.2. The summed E-state index contributed by atoms with van der Waals surface area (Å²) < 4.78 is 29.8. The molecule has 2 aromatic carbocycles. The summed E-state index contributed by atoms with van der Waals surface area (Å²) in [5.74, 6) is -1.74. The number of amides is 3. The monoisotopic (exact) mass is 580 g/mol. The molecule has 3 rings (SSSR count). The van der Waals surface area contributed by atoms with Crippen LogP contribution in [0, 0.1) is 5.82 Å². The molecule has 0 atom stereocenters. The fraction of sp³-hybridized carbons (Fsp3) is 0.250. The molecule has 190 valence electrons. The number of rotatable bonds is 10. The van der Waals surface area contributed by atoms with Crippen LogP contribution in [0.25, 0.3) is 6.08 Å². The highest BCUT2D eigenvalue weighted by atomic mass is 79.9. The second kappa shape index (κ2) is 12.5. The lowest BCUT2D eigenvalue weighted by Gasteiger charge is -2.14. The Balaban J connectivity index is 1.75. The summed E-state index contributed by atoms with van der Waals surface area (Å²) in [5, 5.41) is 1.84. The van der Waals surface area contributed by atoms with E-state index in [0.29, 0.717) is 34.2 Å². The number of nitrogens with zero attached hydrogens (tertiary/aromatic N) is 1. The van der Waals surface area contributed by atoms with Crippen LogP contribution in [0.15, 0.2) is 45.8 Å². The highest BCUT2D eigenvalue weighted by Gasteiger charge is 2.36. The van der Waals surface area contributed by atoms with Crippen LogP contribution in [-0.4, -0.2) is 54.3 Å². The molecule has 0 radical (unpaired) electrons. The molecule has 9 nitrogen and oxygen atoms in total. The molecule has 1 heterocycles. The van der Waals surface area contributed by atoms with Crippen LogP contribution >= 0.6 is 27.7 Å². The number of carbonyl (C=O) groups is 4. The van der Waals surface area contributed by atoms with Crippen molar-refractivity contribution in [3.8, 4) is 11.5 Å². The lowest BCUT2D eigenvalue weighted by molar-refractivity contribution is -0.145. The molecule has 0 bridgehead atoms. The average molecular weight is 581 g/mol. The first-order valence-corrected chi connectivity index (χ1v) is 12.4. The zero-order valence-corrected chi connectivity index (χ0v) is 21.7. The van der Waals surface area contributed by atoms with Gasteiger partial charge in [0, 0.05) is 10.2 Å². The van der Waals surface area contributed by atoms with E-state index in [9.17, 15) is 23.6 Å². The number of ether oxygens (including phenoxy) is 3. The number of esters is 1. The molecule has 12 heteroatoms. The van der Waals surface area contributed by atoms with Crippen LogP contribution in [0.1, 0.15) is 19.4 Å². The minimum absolute atomic E-state index is 0.0990. The van der Waals surface area contributed by atoms with Gasteiger partial charge in [-0.25, -0.2) is 9.18 Å². The predicted molar refractivity (Wildman–Crippen MR) is 135 cm³/mol. The number of carbonyl (C=O) groups excluding carboxylic acids is 4. The van der Waals surface area contributed by atoms with Crippen molar-refractivity contribution < 1.29 is 37.8 Å². The lowest BCUT2D eigenvalue weighted by atomic mass is 10.1. The van der Waals surface area contributed by atoms with E-state index in [1.54, 1.807) is 26.0 Å². The first kappa shape index (κ1) is 27.2. The van der Waals surface area contributed by atoms with Crippen molar-refractivity contribution in [2.45, 2.75) is 13.8 Å². The highest BCUT2D eigenvalue weighted by Crippen LogP contribution is 2.38. The van der Waals surface area contributed by atoms with E-state index in [4.69, 9.17) is 14.2 Å². The Bertz CT molecular complexity index is 1220. The summed E-state index contributed by atoms with van der Waals surface area (Å²) in [7, 11) is 0. The van der Waals surface area contributed by atoms with E-state index in [0.717, 1.165) is 11.0 Å². The maximum atomic E-state index is 13.3. The second-order valence-electron chi connectivity index (χ2n) is 7.17. The fourth-order valence-corrected chi connectivity index (χ4v) is 4.34. The molecule has 1 aliphatic rings. The third-order valence-corrected chi connectivity index (χ3v) is 6.18. The summed E-state index contributed by atoms with van der Waals surface area (Å²) in [5.41, 5.74) is 0.719. The van der Waals surface area contributed by atoms with E-state index in [-0.39, 0.29) is 29.6 Å². The van der Waals surface area contributed by atoms with Gasteiger partial charge in [-0.05, 0) is 67.6 Å². The quantitative estimate of drug-likeness (QED) is 0.320. The van der Waals surface area contributed by atoms with E-state index in [1.807, 2.05) is 0 Å². The van der Waals surface area contributed by atoms with Crippen LogP contribution < -0.4 is 14.8 Å². The van der Waals surface area contributed by atoms with Crippen molar-refractivity contribution >= 4 is 62.5 Å². The maximum Gasteiger partial charge on any atom is 0.344 e. The number of imide groups is 1. The predicted octanol–water partition coefficient (Wildman–Crippen LogP) is 4.60. The largest absolute Gasteiger partial charge is 0.490 e. The molecule has 0 spiro atoms. The van der Waals surface area contributed by atoms with Gasteiger partial charge in [0.2, 0.25) is 5.91 Å². The molecule has 0 aliphatic carbocycles. The van der Waals surface area contributed by atoms with Crippen molar-refractivity contribution in [1.82, 2.24) is 4.90 Å². The normalized spacial score (nSPS) is 14.2. The lowest BCUT2D eigenvalue weighted by Crippen LogP contribution is -2.36. The van der Waals surface area contributed by atoms with Crippen LogP contribution in [0.4, 0.5) is 14.9 Å². The van der Waals surface area contributed by atoms with Crippen molar-refractivity contribution in [1.29, 1.82) is 0 Å². The molecular weight excluding hydrogens is 559 g/mol. The van der Waals surface area contributed by atoms with Crippen LogP contribution in [0.3, 0.4) is 0 Å². The van der Waals surface area contributed by atoms with Crippen LogP contribution in [0.2, 0.25) is 0 Å². The number of benzene rings is 2. The fourth-order valence-electron chi connectivity index (χ4n) is 3.07. The van der Waals surface area contributed by atoms with Gasteiger partial charge >= 0.3 is 5.97 Å². The summed E-state index contributed by atoms with van der Waals surface area (Å²) in [6.45, 7) is 3.17. The molecule has 1 saturated heterocycles. The Hall–Kier alpha value is -3.38. The van der Waals surface area contributed by atoms with Gasteiger partial charge in [0.15, 0.2) is 18.1 Å². The van der Waals surface area contributed by atoms with Crippen LogP contribution in [-0.2, 0) is 19.1 Å². The number of hydrogen-bond donors (Lipinski definition) is 1. The van der Waals surface area contributed by atoms with E-state index in [2.05, 4.69) is 21.2 Å². The number of nitrogens with one attached hydrogen (secondary N) is 1. The smallest absolute Gasteiger partial charge is 0.344 e. The zero-order chi connectivity index (χ0) is 26.2. The Morgan fingerprint density at radius 2 is 1.86 bits per heavy atom.